The van der Waals surface area contributed by atoms with E-state index in [4.69, 9.17) is 5.11 Å². The van der Waals surface area contributed by atoms with Crippen LogP contribution < -0.4 is 10.8 Å². The van der Waals surface area contributed by atoms with Crippen molar-refractivity contribution in [1.29, 1.82) is 0 Å². The molecule has 0 spiro atoms. The molecule has 7 nitrogen and oxygen atoms in total. The van der Waals surface area contributed by atoms with E-state index in [0.717, 1.165) is 23.9 Å². The van der Waals surface area contributed by atoms with Gasteiger partial charge in [-0.1, -0.05) is 0 Å². The minimum Gasteiger partial charge on any atom is -0.550 e. The number of carboxylic acid groups (broad SMARTS) is 2. The van der Waals surface area contributed by atoms with Crippen molar-refractivity contribution in [3.63, 3.8) is 0 Å². The number of aliphatic carboxylic acids is 2. The van der Waals surface area contributed by atoms with E-state index in [-0.39, 0.29) is 6.42 Å². The molecular weight excluding hydrogens is 276 g/mol. The summed E-state index contributed by atoms with van der Waals surface area (Å²) < 4.78 is 0. The number of quaternary nitrogens is 1. The van der Waals surface area contributed by atoms with Crippen LogP contribution in [0.5, 0.6) is 5.75 Å². The molecule has 0 atom stereocenters. The fraction of sp³-hybridized carbons (Fsp3) is 0.286. The van der Waals surface area contributed by atoms with E-state index in [2.05, 4.69) is 10.7 Å². The first-order chi connectivity index (χ1) is 9.93. The lowest BCUT2D eigenvalue weighted by Gasteiger charge is -1.95. The van der Waals surface area contributed by atoms with E-state index in [1.165, 1.54) is 5.56 Å². The zero-order valence-electron chi connectivity index (χ0n) is 11.5. The van der Waals surface area contributed by atoms with Crippen LogP contribution in [0.1, 0.15) is 18.4 Å². The summed E-state index contributed by atoms with van der Waals surface area (Å²) in [4.78, 5) is 22.3. The number of phenols is 1. The molecule has 0 aliphatic heterocycles. The number of benzene rings is 1. The second-order valence-electron chi connectivity index (χ2n) is 4.41. The van der Waals surface area contributed by atoms with Gasteiger partial charge >= 0.3 is 5.97 Å². The maximum Gasteiger partial charge on any atom is 0.303 e. The van der Waals surface area contributed by atoms with Crippen LogP contribution in [0, 0.1) is 0 Å². The van der Waals surface area contributed by atoms with E-state index < -0.39 is 18.4 Å². The standard InChI is InChI=1S/C10H12N2O.C4H6O4/c11-4-3-7-6-12-10-2-1-8(13)5-9(7)10;5-3(6)1-2-4(7)8/h1-2,5-6,12-13H,3-4,11H2;1-2H2,(H,5,6)(H,7,8). The van der Waals surface area contributed by atoms with Crippen molar-refractivity contribution in [3.8, 4) is 5.75 Å². The monoisotopic (exact) mass is 294 g/mol. The fourth-order valence-electron chi connectivity index (χ4n) is 1.77. The Labute approximate surface area is 121 Å². The van der Waals surface area contributed by atoms with E-state index in [1.807, 2.05) is 12.3 Å². The predicted octanol–water partition coefficient (Wildman–Crippen LogP) is -0.741. The van der Waals surface area contributed by atoms with Crippen LogP contribution >= 0.6 is 0 Å². The van der Waals surface area contributed by atoms with Gasteiger partial charge in [0.2, 0.25) is 0 Å². The highest BCUT2D eigenvalue weighted by Gasteiger charge is 2.03. The molecule has 0 aliphatic rings. The van der Waals surface area contributed by atoms with Gasteiger partial charge in [0.15, 0.2) is 0 Å². The summed E-state index contributed by atoms with van der Waals surface area (Å²) in [7, 11) is 0. The maximum absolute atomic E-state index is 9.61. The van der Waals surface area contributed by atoms with Gasteiger partial charge in [-0.25, -0.2) is 0 Å². The number of hydrogen-bond acceptors (Lipinski definition) is 4. The molecule has 2 aromatic rings. The highest BCUT2D eigenvalue weighted by molar-refractivity contribution is 5.84. The Morgan fingerprint density at radius 1 is 1.29 bits per heavy atom. The molecule has 0 saturated heterocycles. The van der Waals surface area contributed by atoms with E-state index >= 15 is 0 Å². The van der Waals surface area contributed by atoms with Gasteiger partial charge in [-0.3, -0.25) is 4.79 Å². The highest BCUT2D eigenvalue weighted by Crippen LogP contribution is 2.22. The van der Waals surface area contributed by atoms with Gasteiger partial charge in [0.25, 0.3) is 0 Å². The van der Waals surface area contributed by atoms with Crippen molar-refractivity contribution >= 4 is 22.8 Å². The number of rotatable bonds is 5. The van der Waals surface area contributed by atoms with Gasteiger partial charge in [0, 0.05) is 29.5 Å². The second kappa shape index (κ2) is 7.91. The lowest BCUT2D eigenvalue weighted by molar-refractivity contribution is -0.366. The van der Waals surface area contributed by atoms with Gasteiger partial charge in [0.05, 0.1) is 13.0 Å². The van der Waals surface area contributed by atoms with Gasteiger partial charge in [-0.2, -0.15) is 0 Å². The summed E-state index contributed by atoms with van der Waals surface area (Å²) in [5, 5.41) is 27.8. The van der Waals surface area contributed by atoms with Gasteiger partial charge < -0.3 is 30.8 Å². The van der Waals surface area contributed by atoms with Crippen molar-refractivity contribution in [2.45, 2.75) is 19.3 Å². The first kappa shape index (κ1) is 16.5. The average Bonchev–Trinajstić information content (AvgIpc) is 2.80. The number of aromatic amines is 1. The third-order valence-corrected chi connectivity index (χ3v) is 2.74. The fourth-order valence-corrected chi connectivity index (χ4v) is 1.77. The zero-order chi connectivity index (χ0) is 15.8. The van der Waals surface area contributed by atoms with Gasteiger partial charge in [-0.05, 0) is 30.2 Å². The van der Waals surface area contributed by atoms with Crippen LogP contribution in [0.4, 0.5) is 0 Å². The number of nitrogens with one attached hydrogen (secondary N) is 1. The third-order valence-electron chi connectivity index (χ3n) is 2.74. The Morgan fingerprint density at radius 3 is 2.52 bits per heavy atom. The number of fused-ring (bicyclic) bond motifs is 1. The number of carbonyl (C=O) groups excluding carboxylic acids is 1. The van der Waals surface area contributed by atoms with Crippen LogP contribution in [0.2, 0.25) is 0 Å². The Kier molecular flexibility index (Phi) is 6.22. The van der Waals surface area contributed by atoms with Crippen LogP contribution in [-0.2, 0) is 16.0 Å². The molecule has 0 saturated carbocycles. The number of aromatic hydroxyl groups is 1. The normalized spacial score (nSPS) is 9.95. The number of aromatic nitrogens is 1. The van der Waals surface area contributed by atoms with Crippen molar-refractivity contribution < 1.29 is 30.6 Å². The Balaban J connectivity index is 0.000000240. The summed E-state index contributed by atoms with van der Waals surface area (Å²) in [6.45, 7) is 0.878. The van der Waals surface area contributed by atoms with Crippen LogP contribution in [-0.4, -0.2) is 33.7 Å². The minimum absolute atomic E-state index is 0.317. The maximum atomic E-state index is 9.61. The van der Waals surface area contributed by atoms with Crippen molar-refractivity contribution in [1.82, 2.24) is 4.98 Å². The topological polar surface area (TPSA) is 141 Å². The molecule has 2 rings (SSSR count). The number of H-pyrrole nitrogens is 1. The van der Waals surface area contributed by atoms with Gasteiger partial charge in [0.1, 0.15) is 5.75 Å². The molecular formula is C14H18N2O5. The lowest BCUT2D eigenvalue weighted by atomic mass is 10.1. The lowest BCUT2D eigenvalue weighted by Crippen LogP contribution is -2.51. The van der Waals surface area contributed by atoms with E-state index in [9.17, 15) is 19.8 Å². The van der Waals surface area contributed by atoms with Crippen molar-refractivity contribution in [2.75, 3.05) is 6.54 Å². The summed E-state index contributed by atoms with van der Waals surface area (Å²) in [6, 6.07) is 5.36. The molecule has 1 aromatic carbocycles. The second-order valence-corrected chi connectivity index (χ2v) is 4.41. The number of carboxylic acids is 2. The molecule has 0 unspecified atom stereocenters. The molecule has 0 bridgehead atoms. The molecule has 0 amide bonds. The molecule has 0 fully saturated rings. The number of hydrogen-bond donors (Lipinski definition) is 4. The smallest absolute Gasteiger partial charge is 0.303 e. The highest BCUT2D eigenvalue weighted by atomic mass is 16.4. The quantitative estimate of drug-likeness (QED) is 0.574. The molecule has 21 heavy (non-hydrogen) atoms. The molecule has 1 aromatic heterocycles. The predicted molar refractivity (Wildman–Crippen MR) is 73.3 cm³/mol. The molecule has 114 valence electrons. The van der Waals surface area contributed by atoms with Crippen LogP contribution in [0.3, 0.4) is 0 Å². The van der Waals surface area contributed by atoms with Crippen LogP contribution in [0.25, 0.3) is 10.9 Å². The summed E-state index contributed by atoms with van der Waals surface area (Å²) >= 11 is 0. The summed E-state index contributed by atoms with van der Waals surface area (Å²) in [5.41, 5.74) is 6.11. The van der Waals surface area contributed by atoms with Gasteiger partial charge in [-0.15, -0.1) is 0 Å². The molecule has 7 heteroatoms. The Hall–Kier alpha value is -2.54. The minimum atomic E-state index is -1.33. The van der Waals surface area contributed by atoms with Crippen LogP contribution in [0.15, 0.2) is 24.4 Å². The Bertz CT molecular complexity index is 607. The number of phenolic OH excluding ortho intramolecular Hbond substituents is 1. The molecule has 6 N–H and O–H groups in total. The SMILES string of the molecule is O=C([O-])CCC(=O)O.[NH3+]CCc1c[nH]c2ccc(O)cc12. The first-order valence-corrected chi connectivity index (χ1v) is 6.44. The molecule has 0 aliphatic carbocycles. The summed E-state index contributed by atoms with van der Waals surface area (Å²) in [6.07, 6.45) is 2.16. The molecule has 0 radical (unpaired) electrons. The van der Waals surface area contributed by atoms with E-state index in [0.29, 0.717) is 5.75 Å². The third kappa shape index (κ3) is 5.53. The summed E-state index contributed by atoms with van der Waals surface area (Å²) in [5.74, 6) is -2.13. The molecule has 1 heterocycles. The van der Waals surface area contributed by atoms with E-state index in [1.54, 1.807) is 12.1 Å². The number of carbonyl (C=O) groups is 2. The zero-order valence-corrected chi connectivity index (χ0v) is 11.5. The largest absolute Gasteiger partial charge is 0.550 e. The first-order valence-electron chi connectivity index (χ1n) is 6.44. The van der Waals surface area contributed by atoms with Crippen molar-refractivity contribution in [2.24, 2.45) is 0 Å². The Morgan fingerprint density at radius 2 is 2.00 bits per heavy atom. The van der Waals surface area contributed by atoms with Crippen molar-refractivity contribution in [3.05, 3.63) is 30.0 Å². The average molecular weight is 294 g/mol.